The van der Waals surface area contributed by atoms with E-state index in [0.717, 1.165) is 74.2 Å². The smallest absolute Gasteiger partial charge is 0.232 e. The van der Waals surface area contributed by atoms with Crippen LogP contribution in [0.25, 0.3) is 0 Å². The third kappa shape index (κ3) is 6.31. The number of ether oxygens (including phenoxy) is 2. The summed E-state index contributed by atoms with van der Waals surface area (Å²) in [5, 5.41) is 9.77. The van der Waals surface area contributed by atoms with E-state index in [4.69, 9.17) is 20.6 Å². The van der Waals surface area contributed by atoms with Crippen molar-refractivity contribution in [3.05, 3.63) is 83.4 Å². The van der Waals surface area contributed by atoms with E-state index in [9.17, 15) is 4.79 Å². The first kappa shape index (κ1) is 27.7. The van der Waals surface area contributed by atoms with Crippen molar-refractivity contribution in [1.82, 2.24) is 4.90 Å². The summed E-state index contributed by atoms with van der Waals surface area (Å²) in [6.45, 7) is 2.10. The molecule has 1 heterocycles. The first-order valence-corrected chi connectivity index (χ1v) is 14.3. The molecule has 0 radical (unpaired) electrons. The number of methoxy groups -OCH3 is 1. The van der Waals surface area contributed by atoms with Crippen LogP contribution in [-0.4, -0.2) is 49.9 Å². The number of para-hydroxylation sites is 1. The highest BCUT2D eigenvalue weighted by Gasteiger charge is 2.34. The van der Waals surface area contributed by atoms with Gasteiger partial charge in [0.25, 0.3) is 0 Å². The second-order valence-corrected chi connectivity index (χ2v) is 11.1. The van der Waals surface area contributed by atoms with E-state index in [-0.39, 0.29) is 23.8 Å². The van der Waals surface area contributed by atoms with Crippen molar-refractivity contribution in [2.45, 2.75) is 50.5 Å². The van der Waals surface area contributed by atoms with Crippen molar-refractivity contribution in [1.29, 1.82) is 0 Å². The fourth-order valence-corrected chi connectivity index (χ4v) is 6.07. The van der Waals surface area contributed by atoms with Gasteiger partial charge in [-0.3, -0.25) is 10.2 Å². The Bertz CT molecular complexity index is 1330. The molecule has 210 valence electrons. The molecule has 1 amide bonds. The minimum Gasteiger partial charge on any atom is -0.496 e. The zero-order chi connectivity index (χ0) is 28.1. The lowest BCUT2D eigenvalue weighted by atomic mass is 9.83. The summed E-state index contributed by atoms with van der Waals surface area (Å²) in [5.74, 6) is 1.53. The molecule has 0 spiro atoms. The highest BCUT2D eigenvalue weighted by Crippen LogP contribution is 2.41. The van der Waals surface area contributed by atoms with E-state index in [1.54, 1.807) is 13.2 Å². The van der Waals surface area contributed by atoms with Crippen molar-refractivity contribution in [3.63, 3.8) is 0 Å². The average molecular weight is 542 g/mol. The number of carbonyl (C=O) groups excluding carboxylic acids is 1. The van der Waals surface area contributed by atoms with Gasteiger partial charge in [0.2, 0.25) is 11.6 Å². The molecule has 1 unspecified atom stereocenters. The zero-order valence-electron chi connectivity index (χ0n) is 23.6. The predicted octanol–water partition coefficient (Wildman–Crippen LogP) is 4.26. The number of nitrogens with one attached hydrogen (secondary N) is 1. The molecule has 7 heteroatoms. The molecule has 1 atom stereocenters. The normalized spacial score (nSPS) is 17.4. The second-order valence-electron chi connectivity index (χ2n) is 11.1. The predicted molar refractivity (Wildman–Crippen MR) is 160 cm³/mol. The summed E-state index contributed by atoms with van der Waals surface area (Å²) in [6.07, 6.45) is 6.64. The largest absolute Gasteiger partial charge is 0.496 e. The number of nitrogens with two attached hydrogens (primary N) is 2. The van der Waals surface area contributed by atoms with Crippen LogP contribution >= 0.6 is 0 Å². The van der Waals surface area contributed by atoms with Gasteiger partial charge in [0, 0.05) is 35.6 Å². The van der Waals surface area contributed by atoms with Gasteiger partial charge in [-0.15, -0.1) is 0 Å². The lowest BCUT2D eigenvalue weighted by molar-refractivity contribution is -0.118. The Morgan fingerprint density at radius 3 is 2.40 bits per heavy atom. The highest BCUT2D eigenvalue weighted by molar-refractivity contribution is 6.13. The molecule has 3 aromatic rings. The monoisotopic (exact) mass is 541 g/mol. The number of amides is 1. The summed E-state index contributed by atoms with van der Waals surface area (Å²) >= 11 is 0. The van der Waals surface area contributed by atoms with Crippen molar-refractivity contribution < 1.29 is 19.7 Å². The summed E-state index contributed by atoms with van der Waals surface area (Å²) in [6, 6.07) is 21.2. The number of hydrogen-bond donors (Lipinski definition) is 3. The fraction of sp³-hybridized carbons (Fsp3) is 0.394. The number of piperidine rings is 1. The molecule has 5 N–H and O–H groups in total. The molecule has 5 rings (SSSR count). The van der Waals surface area contributed by atoms with Crippen LogP contribution in [0.1, 0.15) is 61.1 Å². The van der Waals surface area contributed by atoms with E-state index in [1.165, 1.54) is 0 Å². The van der Waals surface area contributed by atoms with Gasteiger partial charge in [0.15, 0.2) is 0 Å². The lowest BCUT2D eigenvalue weighted by Crippen LogP contribution is -2.41. The number of anilines is 2. The molecule has 2 fully saturated rings. The molecule has 0 bridgehead atoms. The SMILES string of the molecule is COc1ccccc1C(C(=O)Nc1ccc(N)c(C(=[NH2+])c2ccc(OC3CCN(C)CC3)cc2)c1)C1CCCC1. The third-order valence-electron chi connectivity index (χ3n) is 8.37. The van der Waals surface area contributed by atoms with Gasteiger partial charge in [-0.25, -0.2) is 0 Å². The minimum atomic E-state index is -0.293. The Balaban J connectivity index is 1.32. The number of likely N-dealkylation sites (tertiary alicyclic amines) is 1. The maximum absolute atomic E-state index is 13.8. The zero-order valence-corrected chi connectivity index (χ0v) is 23.6. The van der Waals surface area contributed by atoms with Gasteiger partial charge in [0.05, 0.1) is 18.6 Å². The van der Waals surface area contributed by atoms with E-state index in [1.807, 2.05) is 60.7 Å². The lowest BCUT2D eigenvalue weighted by Gasteiger charge is -2.29. The molecule has 40 heavy (non-hydrogen) atoms. The van der Waals surface area contributed by atoms with Crippen LogP contribution in [0.4, 0.5) is 11.4 Å². The van der Waals surface area contributed by atoms with Crippen LogP contribution in [0.3, 0.4) is 0 Å². The van der Waals surface area contributed by atoms with Crippen LogP contribution in [0.5, 0.6) is 11.5 Å². The molecule has 1 aliphatic heterocycles. The number of benzene rings is 3. The number of rotatable bonds is 9. The second kappa shape index (κ2) is 12.6. The Hall–Kier alpha value is -3.84. The van der Waals surface area contributed by atoms with Crippen molar-refractivity contribution >= 4 is 23.0 Å². The molecule has 1 aliphatic carbocycles. The molecular weight excluding hydrogens is 500 g/mol. The van der Waals surface area contributed by atoms with Crippen molar-refractivity contribution in [3.8, 4) is 11.5 Å². The Labute approximate surface area is 237 Å². The number of nitrogen functional groups attached to an aromatic ring is 1. The molecule has 1 saturated heterocycles. The summed E-state index contributed by atoms with van der Waals surface area (Å²) in [7, 11) is 3.80. The molecule has 2 aliphatic rings. The van der Waals surface area contributed by atoms with Crippen LogP contribution in [0, 0.1) is 5.92 Å². The van der Waals surface area contributed by atoms with Crippen LogP contribution in [0.15, 0.2) is 66.7 Å². The maximum Gasteiger partial charge on any atom is 0.232 e. The van der Waals surface area contributed by atoms with Gasteiger partial charge >= 0.3 is 0 Å². The maximum atomic E-state index is 13.8. The van der Waals surface area contributed by atoms with Crippen LogP contribution in [-0.2, 0) is 4.79 Å². The fourth-order valence-electron chi connectivity index (χ4n) is 6.07. The van der Waals surface area contributed by atoms with Gasteiger partial charge < -0.3 is 25.4 Å². The topological polar surface area (TPSA) is 102 Å². The molecule has 7 nitrogen and oxygen atoms in total. The average Bonchev–Trinajstić information content (AvgIpc) is 3.50. The number of carbonyl (C=O) groups is 1. The highest BCUT2D eigenvalue weighted by atomic mass is 16.5. The van der Waals surface area contributed by atoms with E-state index in [0.29, 0.717) is 22.6 Å². The van der Waals surface area contributed by atoms with E-state index >= 15 is 0 Å². The first-order chi connectivity index (χ1) is 19.4. The molecule has 3 aromatic carbocycles. The van der Waals surface area contributed by atoms with Gasteiger partial charge in [-0.2, -0.15) is 0 Å². The first-order valence-electron chi connectivity index (χ1n) is 14.3. The standard InChI is InChI=1S/C33H40N4O3/c1-37-19-17-26(18-20-37)40-25-14-11-23(12-15-25)32(35)28-21-24(13-16-29(28)34)36-33(38)31(22-7-3-4-8-22)27-9-5-6-10-30(27)39-2/h5-6,9-16,21-22,26,31,35H,3-4,7-8,17-20,34H2,1-2H3,(H,36,38)/p+1. The minimum absolute atomic E-state index is 0.0406. The summed E-state index contributed by atoms with van der Waals surface area (Å²) < 4.78 is 11.8. The quantitative estimate of drug-likeness (QED) is 0.278. The summed E-state index contributed by atoms with van der Waals surface area (Å²) in [4.78, 5) is 16.1. The van der Waals surface area contributed by atoms with Crippen molar-refractivity contribution in [2.75, 3.05) is 38.3 Å². The van der Waals surface area contributed by atoms with Gasteiger partial charge in [-0.05, 0) is 87.2 Å². The van der Waals surface area contributed by atoms with Crippen LogP contribution < -0.4 is 25.9 Å². The van der Waals surface area contributed by atoms with E-state index in [2.05, 4.69) is 17.3 Å². The molecule has 0 aromatic heterocycles. The van der Waals surface area contributed by atoms with Gasteiger partial charge in [-0.1, -0.05) is 31.0 Å². The Kier molecular flexibility index (Phi) is 8.70. The van der Waals surface area contributed by atoms with E-state index < -0.39 is 0 Å². The summed E-state index contributed by atoms with van der Waals surface area (Å²) in [5.41, 5.74) is 10.6. The third-order valence-corrected chi connectivity index (χ3v) is 8.37. The van der Waals surface area contributed by atoms with Crippen LogP contribution in [0.2, 0.25) is 0 Å². The molecular formula is C33H41N4O3+. The number of hydrogen-bond acceptors (Lipinski definition) is 5. The van der Waals surface area contributed by atoms with Crippen molar-refractivity contribution in [2.24, 2.45) is 5.92 Å². The Morgan fingerprint density at radius 2 is 1.70 bits per heavy atom. The Morgan fingerprint density at radius 1 is 1.00 bits per heavy atom. The number of nitrogens with zero attached hydrogens (tertiary/aromatic N) is 1. The molecule has 1 saturated carbocycles. The van der Waals surface area contributed by atoms with Gasteiger partial charge in [0.1, 0.15) is 17.6 Å².